The van der Waals surface area contributed by atoms with Crippen LogP contribution in [0.1, 0.15) is 50.9 Å². The molecular formula is C25H21N3O4. The third-order valence-corrected chi connectivity index (χ3v) is 5.74. The zero-order valence-electron chi connectivity index (χ0n) is 17.3. The Hall–Kier alpha value is -4.00. The van der Waals surface area contributed by atoms with Gasteiger partial charge in [0.1, 0.15) is 0 Å². The number of carbonyl (C=O) groups is 2. The van der Waals surface area contributed by atoms with Crippen LogP contribution < -0.4 is 0 Å². The first-order valence-electron chi connectivity index (χ1n) is 10.6. The summed E-state index contributed by atoms with van der Waals surface area (Å²) >= 11 is 0. The molecular weight excluding hydrogens is 406 g/mol. The van der Waals surface area contributed by atoms with Crippen LogP contribution in [0, 0.1) is 0 Å². The molecule has 3 heterocycles. The van der Waals surface area contributed by atoms with Crippen molar-refractivity contribution in [2.24, 2.45) is 0 Å². The molecule has 1 aliphatic heterocycles. The van der Waals surface area contributed by atoms with Crippen molar-refractivity contribution in [3.63, 3.8) is 0 Å². The number of benzene rings is 2. The number of hydrogen-bond donors (Lipinski definition) is 0. The van der Waals surface area contributed by atoms with Gasteiger partial charge in [-0.1, -0.05) is 48.5 Å². The molecule has 0 atom stereocenters. The van der Waals surface area contributed by atoms with E-state index in [0.717, 1.165) is 0 Å². The highest BCUT2D eigenvalue weighted by Crippen LogP contribution is 2.30. The molecule has 1 aliphatic rings. The van der Waals surface area contributed by atoms with Gasteiger partial charge in [0.05, 0.1) is 11.8 Å². The minimum atomic E-state index is -0.152. The van der Waals surface area contributed by atoms with E-state index in [4.69, 9.17) is 8.83 Å². The number of rotatable bonds is 5. The SMILES string of the molecule is O=C(c1ccccc1)c1ccccc1C(=O)N1CCC(c2nnc(-c3ccco3)o2)CC1. The predicted octanol–water partition coefficient (Wildman–Crippen LogP) is 4.58. The number of furan rings is 1. The molecule has 1 amide bonds. The Labute approximate surface area is 184 Å². The van der Waals surface area contributed by atoms with E-state index in [9.17, 15) is 9.59 Å². The molecule has 7 nitrogen and oxygen atoms in total. The maximum Gasteiger partial charge on any atom is 0.283 e. The predicted molar refractivity (Wildman–Crippen MR) is 116 cm³/mol. The fourth-order valence-electron chi connectivity index (χ4n) is 4.01. The van der Waals surface area contributed by atoms with Gasteiger partial charge in [-0.2, -0.15) is 0 Å². The molecule has 0 N–H and O–H groups in total. The van der Waals surface area contributed by atoms with Gasteiger partial charge < -0.3 is 13.7 Å². The summed E-state index contributed by atoms with van der Waals surface area (Å²) in [6.07, 6.45) is 2.98. The maximum absolute atomic E-state index is 13.3. The molecule has 7 heteroatoms. The molecule has 0 spiro atoms. The van der Waals surface area contributed by atoms with Crippen LogP contribution in [0.3, 0.4) is 0 Å². The smallest absolute Gasteiger partial charge is 0.283 e. The first kappa shape index (κ1) is 19.9. The van der Waals surface area contributed by atoms with Gasteiger partial charge in [-0.15, -0.1) is 10.2 Å². The minimum absolute atomic E-state index is 0.0801. The Morgan fingerprint density at radius 2 is 1.56 bits per heavy atom. The highest BCUT2D eigenvalue weighted by atomic mass is 16.4. The van der Waals surface area contributed by atoms with Gasteiger partial charge in [0.15, 0.2) is 11.5 Å². The average Bonchev–Trinajstić information content (AvgIpc) is 3.56. The Bertz CT molecular complexity index is 1220. The van der Waals surface area contributed by atoms with Crippen molar-refractivity contribution in [2.45, 2.75) is 18.8 Å². The molecule has 0 unspecified atom stereocenters. The quantitative estimate of drug-likeness (QED) is 0.433. The summed E-state index contributed by atoms with van der Waals surface area (Å²) in [5, 5.41) is 8.24. The van der Waals surface area contributed by atoms with Gasteiger partial charge in [0.2, 0.25) is 5.89 Å². The molecule has 2 aromatic heterocycles. The second-order valence-electron chi connectivity index (χ2n) is 7.73. The third kappa shape index (κ3) is 3.85. The summed E-state index contributed by atoms with van der Waals surface area (Å²) in [5.74, 6) is 1.25. The molecule has 0 radical (unpaired) electrons. The van der Waals surface area contributed by atoms with Crippen molar-refractivity contribution in [1.29, 1.82) is 0 Å². The van der Waals surface area contributed by atoms with E-state index in [1.165, 1.54) is 0 Å². The largest absolute Gasteiger partial charge is 0.459 e. The monoisotopic (exact) mass is 427 g/mol. The Kier molecular flexibility index (Phi) is 5.37. The van der Waals surface area contributed by atoms with Gasteiger partial charge in [-0.3, -0.25) is 9.59 Å². The lowest BCUT2D eigenvalue weighted by Crippen LogP contribution is -2.38. The van der Waals surface area contributed by atoms with Crippen LogP contribution in [0.4, 0.5) is 0 Å². The van der Waals surface area contributed by atoms with E-state index in [1.54, 1.807) is 59.7 Å². The lowest BCUT2D eigenvalue weighted by molar-refractivity contribution is 0.0703. The van der Waals surface area contributed by atoms with Crippen molar-refractivity contribution >= 4 is 11.7 Å². The number of aromatic nitrogens is 2. The highest BCUT2D eigenvalue weighted by molar-refractivity contribution is 6.15. The summed E-state index contributed by atoms with van der Waals surface area (Å²) in [5.41, 5.74) is 1.42. The number of ketones is 1. The molecule has 0 aliphatic carbocycles. The maximum atomic E-state index is 13.3. The zero-order chi connectivity index (χ0) is 21.9. The molecule has 0 saturated carbocycles. The zero-order valence-corrected chi connectivity index (χ0v) is 17.3. The summed E-state index contributed by atoms with van der Waals surface area (Å²) in [6.45, 7) is 1.10. The van der Waals surface area contributed by atoms with Crippen LogP contribution in [0.2, 0.25) is 0 Å². The normalized spacial score (nSPS) is 14.4. The number of nitrogens with zero attached hydrogens (tertiary/aromatic N) is 3. The van der Waals surface area contributed by atoms with Crippen molar-refractivity contribution in [3.05, 3.63) is 95.6 Å². The number of carbonyl (C=O) groups excluding carboxylic acids is 2. The van der Waals surface area contributed by atoms with Gasteiger partial charge in [0.25, 0.3) is 11.8 Å². The molecule has 4 aromatic rings. The van der Waals surface area contributed by atoms with Crippen LogP contribution in [0.15, 0.2) is 81.8 Å². The molecule has 1 saturated heterocycles. The number of likely N-dealkylation sites (tertiary alicyclic amines) is 1. The lowest BCUT2D eigenvalue weighted by atomic mass is 9.94. The molecule has 5 rings (SSSR count). The summed E-state index contributed by atoms with van der Waals surface area (Å²) in [7, 11) is 0. The van der Waals surface area contributed by atoms with Gasteiger partial charge >= 0.3 is 0 Å². The lowest BCUT2D eigenvalue weighted by Gasteiger charge is -2.31. The van der Waals surface area contributed by atoms with Crippen LogP contribution in [0.5, 0.6) is 0 Å². The third-order valence-electron chi connectivity index (χ3n) is 5.74. The Morgan fingerprint density at radius 3 is 2.28 bits per heavy atom. The van der Waals surface area contributed by atoms with Gasteiger partial charge in [0, 0.05) is 30.1 Å². The summed E-state index contributed by atoms with van der Waals surface area (Å²) < 4.78 is 11.1. The van der Waals surface area contributed by atoms with Crippen LogP contribution in [-0.2, 0) is 0 Å². The molecule has 2 aromatic carbocycles. The standard InChI is InChI=1S/C25H21N3O4/c29-22(17-7-2-1-3-8-17)19-9-4-5-10-20(19)25(30)28-14-12-18(13-15-28)23-26-27-24(32-23)21-11-6-16-31-21/h1-11,16,18H,12-15H2. The van der Waals surface area contributed by atoms with Crippen LogP contribution >= 0.6 is 0 Å². The van der Waals surface area contributed by atoms with E-state index >= 15 is 0 Å². The van der Waals surface area contributed by atoms with Crippen LogP contribution in [0.25, 0.3) is 11.7 Å². The number of piperidine rings is 1. The first-order chi connectivity index (χ1) is 15.7. The average molecular weight is 427 g/mol. The molecule has 32 heavy (non-hydrogen) atoms. The highest BCUT2D eigenvalue weighted by Gasteiger charge is 2.30. The molecule has 160 valence electrons. The Balaban J connectivity index is 1.29. The van der Waals surface area contributed by atoms with E-state index in [2.05, 4.69) is 10.2 Å². The fourth-order valence-corrected chi connectivity index (χ4v) is 4.01. The van der Waals surface area contributed by atoms with Crippen LogP contribution in [-0.4, -0.2) is 39.9 Å². The second kappa shape index (κ2) is 8.63. The minimum Gasteiger partial charge on any atom is -0.459 e. The van der Waals surface area contributed by atoms with E-state index in [1.807, 2.05) is 18.2 Å². The van der Waals surface area contributed by atoms with Gasteiger partial charge in [-0.25, -0.2) is 0 Å². The topological polar surface area (TPSA) is 89.4 Å². The van der Waals surface area contributed by atoms with E-state index in [-0.39, 0.29) is 17.6 Å². The molecule has 1 fully saturated rings. The van der Waals surface area contributed by atoms with Crippen molar-refractivity contribution < 1.29 is 18.4 Å². The first-order valence-corrected chi connectivity index (χ1v) is 10.6. The number of amides is 1. The van der Waals surface area contributed by atoms with Crippen molar-refractivity contribution in [1.82, 2.24) is 15.1 Å². The van der Waals surface area contributed by atoms with Crippen molar-refractivity contribution in [2.75, 3.05) is 13.1 Å². The second-order valence-corrected chi connectivity index (χ2v) is 7.73. The Morgan fingerprint density at radius 1 is 0.844 bits per heavy atom. The summed E-state index contributed by atoms with van der Waals surface area (Å²) in [6, 6.07) is 19.6. The van der Waals surface area contributed by atoms with E-state index in [0.29, 0.717) is 60.2 Å². The van der Waals surface area contributed by atoms with Crippen molar-refractivity contribution in [3.8, 4) is 11.7 Å². The number of hydrogen-bond acceptors (Lipinski definition) is 6. The van der Waals surface area contributed by atoms with E-state index < -0.39 is 0 Å². The van der Waals surface area contributed by atoms with Gasteiger partial charge in [-0.05, 0) is 31.0 Å². The summed E-state index contributed by atoms with van der Waals surface area (Å²) in [4.78, 5) is 28.0. The molecule has 0 bridgehead atoms. The fraction of sp³-hybridized carbons (Fsp3) is 0.200.